The first-order valence-electron chi connectivity index (χ1n) is 6.45. The average Bonchev–Trinajstić information content (AvgIpc) is 2.35. The van der Waals surface area contributed by atoms with E-state index in [9.17, 15) is 0 Å². The van der Waals surface area contributed by atoms with Crippen molar-refractivity contribution in [2.24, 2.45) is 5.92 Å². The van der Waals surface area contributed by atoms with Crippen molar-refractivity contribution in [2.75, 3.05) is 14.2 Å². The van der Waals surface area contributed by atoms with Crippen LogP contribution in [0.25, 0.3) is 0 Å². The van der Waals surface area contributed by atoms with Gasteiger partial charge in [-0.3, -0.25) is 0 Å². The molecule has 0 aliphatic carbocycles. The quantitative estimate of drug-likeness (QED) is 0.815. The van der Waals surface area contributed by atoms with E-state index in [1.165, 1.54) is 5.56 Å². The molecule has 0 fully saturated rings. The van der Waals surface area contributed by atoms with Crippen molar-refractivity contribution >= 4 is 0 Å². The number of rotatable bonds is 6. The Bertz CT molecular complexity index is 318. The lowest BCUT2D eigenvalue weighted by Crippen LogP contribution is -2.36. The molecule has 2 unspecified atom stereocenters. The highest BCUT2D eigenvalue weighted by Gasteiger charge is 2.22. The van der Waals surface area contributed by atoms with E-state index in [0.29, 0.717) is 17.9 Å². The van der Waals surface area contributed by atoms with Crippen LogP contribution in [0.2, 0.25) is 0 Å². The predicted octanol–water partition coefficient (Wildman–Crippen LogP) is 3.43. The SMILES string of the molecule is CCC(c1ccc(OC)cc1)C(NC)C(C)C. The molecular weight excluding hydrogens is 210 g/mol. The molecule has 2 atom stereocenters. The van der Waals surface area contributed by atoms with Crippen LogP contribution in [0.5, 0.6) is 5.75 Å². The Morgan fingerprint density at radius 2 is 1.76 bits per heavy atom. The zero-order valence-corrected chi connectivity index (χ0v) is 11.7. The van der Waals surface area contributed by atoms with Gasteiger partial charge in [0.05, 0.1) is 7.11 Å². The molecule has 2 heteroatoms. The van der Waals surface area contributed by atoms with Crippen molar-refractivity contribution in [1.29, 1.82) is 0 Å². The van der Waals surface area contributed by atoms with Crippen LogP contribution < -0.4 is 10.1 Å². The number of benzene rings is 1. The topological polar surface area (TPSA) is 21.3 Å². The average molecular weight is 235 g/mol. The lowest BCUT2D eigenvalue weighted by Gasteiger charge is -2.29. The number of likely N-dealkylation sites (N-methyl/N-ethyl adjacent to an activating group) is 1. The molecule has 96 valence electrons. The van der Waals surface area contributed by atoms with E-state index in [1.807, 2.05) is 12.1 Å². The molecule has 1 rings (SSSR count). The van der Waals surface area contributed by atoms with E-state index >= 15 is 0 Å². The second kappa shape index (κ2) is 6.65. The fourth-order valence-electron chi connectivity index (χ4n) is 2.55. The molecule has 0 spiro atoms. The molecule has 1 N–H and O–H groups in total. The maximum atomic E-state index is 5.20. The van der Waals surface area contributed by atoms with Crippen molar-refractivity contribution in [3.8, 4) is 5.75 Å². The summed E-state index contributed by atoms with van der Waals surface area (Å²) in [6.07, 6.45) is 1.15. The Hall–Kier alpha value is -1.02. The Balaban J connectivity index is 2.91. The molecule has 0 radical (unpaired) electrons. The molecule has 17 heavy (non-hydrogen) atoms. The molecule has 0 saturated heterocycles. The first-order valence-corrected chi connectivity index (χ1v) is 6.45. The highest BCUT2D eigenvalue weighted by Crippen LogP contribution is 2.28. The van der Waals surface area contributed by atoms with E-state index < -0.39 is 0 Å². The van der Waals surface area contributed by atoms with E-state index in [0.717, 1.165) is 12.2 Å². The molecule has 0 heterocycles. The smallest absolute Gasteiger partial charge is 0.118 e. The van der Waals surface area contributed by atoms with Gasteiger partial charge in [0.15, 0.2) is 0 Å². The molecule has 1 aromatic rings. The minimum atomic E-state index is 0.522. The first-order chi connectivity index (χ1) is 8.13. The summed E-state index contributed by atoms with van der Waals surface area (Å²) >= 11 is 0. The second-order valence-corrected chi connectivity index (χ2v) is 4.85. The third-order valence-electron chi connectivity index (χ3n) is 3.47. The summed E-state index contributed by atoms with van der Waals surface area (Å²) in [5, 5.41) is 3.45. The van der Waals surface area contributed by atoms with Gasteiger partial charge in [-0.1, -0.05) is 32.9 Å². The van der Waals surface area contributed by atoms with Gasteiger partial charge in [-0.15, -0.1) is 0 Å². The molecule has 0 saturated carbocycles. The van der Waals surface area contributed by atoms with Gasteiger partial charge in [0.2, 0.25) is 0 Å². The largest absolute Gasteiger partial charge is 0.497 e. The van der Waals surface area contributed by atoms with Crippen LogP contribution in [0.3, 0.4) is 0 Å². The standard InChI is InChI=1S/C15H25NO/c1-6-14(15(16-4)11(2)3)12-7-9-13(17-5)10-8-12/h7-11,14-16H,6H2,1-5H3. The maximum Gasteiger partial charge on any atom is 0.118 e. The fraction of sp³-hybridized carbons (Fsp3) is 0.600. The van der Waals surface area contributed by atoms with Crippen molar-refractivity contribution in [1.82, 2.24) is 5.32 Å². The minimum Gasteiger partial charge on any atom is -0.497 e. The lowest BCUT2D eigenvalue weighted by molar-refractivity contribution is 0.354. The first kappa shape index (κ1) is 14.0. The molecule has 2 nitrogen and oxygen atoms in total. The summed E-state index contributed by atoms with van der Waals surface area (Å²) in [6.45, 7) is 6.79. The summed E-state index contributed by atoms with van der Waals surface area (Å²) < 4.78 is 5.20. The number of nitrogens with one attached hydrogen (secondary N) is 1. The van der Waals surface area contributed by atoms with Gasteiger partial charge in [-0.05, 0) is 43.0 Å². The van der Waals surface area contributed by atoms with Gasteiger partial charge in [0.1, 0.15) is 5.75 Å². The third-order valence-corrected chi connectivity index (χ3v) is 3.47. The van der Waals surface area contributed by atoms with Gasteiger partial charge in [0, 0.05) is 6.04 Å². The van der Waals surface area contributed by atoms with Crippen LogP contribution in [0.4, 0.5) is 0 Å². The van der Waals surface area contributed by atoms with E-state index in [2.05, 4.69) is 45.3 Å². The van der Waals surface area contributed by atoms with Crippen LogP contribution in [-0.4, -0.2) is 20.2 Å². The van der Waals surface area contributed by atoms with E-state index in [4.69, 9.17) is 4.74 Å². The van der Waals surface area contributed by atoms with Crippen molar-refractivity contribution in [2.45, 2.75) is 39.2 Å². The zero-order valence-electron chi connectivity index (χ0n) is 11.7. The normalized spacial score (nSPS) is 14.7. The zero-order chi connectivity index (χ0) is 12.8. The van der Waals surface area contributed by atoms with Gasteiger partial charge >= 0.3 is 0 Å². The number of hydrogen-bond acceptors (Lipinski definition) is 2. The summed E-state index contributed by atoms with van der Waals surface area (Å²) in [5.74, 6) is 2.12. The van der Waals surface area contributed by atoms with E-state index in [-0.39, 0.29) is 0 Å². The van der Waals surface area contributed by atoms with E-state index in [1.54, 1.807) is 7.11 Å². The monoisotopic (exact) mass is 235 g/mol. The molecule has 0 aliphatic rings. The van der Waals surface area contributed by atoms with Crippen LogP contribution in [0, 0.1) is 5.92 Å². The Labute approximate surface area is 105 Å². The Kier molecular flexibility index (Phi) is 5.49. The number of methoxy groups -OCH3 is 1. The molecule has 0 bridgehead atoms. The fourth-order valence-corrected chi connectivity index (χ4v) is 2.55. The Morgan fingerprint density at radius 1 is 1.18 bits per heavy atom. The van der Waals surface area contributed by atoms with Crippen LogP contribution in [0.1, 0.15) is 38.7 Å². The third kappa shape index (κ3) is 3.47. The molecule has 0 aliphatic heterocycles. The lowest BCUT2D eigenvalue weighted by atomic mass is 9.83. The van der Waals surface area contributed by atoms with Crippen LogP contribution in [-0.2, 0) is 0 Å². The van der Waals surface area contributed by atoms with Crippen LogP contribution in [0.15, 0.2) is 24.3 Å². The number of ether oxygens (including phenoxy) is 1. The van der Waals surface area contributed by atoms with Crippen LogP contribution >= 0.6 is 0 Å². The molecule has 1 aromatic carbocycles. The van der Waals surface area contributed by atoms with Crippen molar-refractivity contribution < 1.29 is 4.74 Å². The summed E-state index contributed by atoms with van der Waals surface area (Å²) in [7, 11) is 3.76. The molecule has 0 aromatic heterocycles. The van der Waals surface area contributed by atoms with Crippen molar-refractivity contribution in [3.63, 3.8) is 0 Å². The Morgan fingerprint density at radius 3 is 2.12 bits per heavy atom. The summed E-state index contributed by atoms with van der Waals surface area (Å²) in [6, 6.07) is 8.98. The number of hydrogen-bond donors (Lipinski definition) is 1. The van der Waals surface area contributed by atoms with Gasteiger partial charge in [-0.25, -0.2) is 0 Å². The molecule has 0 amide bonds. The van der Waals surface area contributed by atoms with Crippen molar-refractivity contribution in [3.05, 3.63) is 29.8 Å². The maximum absolute atomic E-state index is 5.20. The van der Waals surface area contributed by atoms with Gasteiger partial charge in [0.25, 0.3) is 0 Å². The molecular formula is C15H25NO. The predicted molar refractivity (Wildman–Crippen MR) is 73.7 cm³/mol. The minimum absolute atomic E-state index is 0.522. The van der Waals surface area contributed by atoms with Gasteiger partial charge in [-0.2, -0.15) is 0 Å². The van der Waals surface area contributed by atoms with Gasteiger partial charge < -0.3 is 10.1 Å². The summed E-state index contributed by atoms with van der Waals surface area (Å²) in [4.78, 5) is 0. The second-order valence-electron chi connectivity index (χ2n) is 4.85. The highest BCUT2D eigenvalue weighted by molar-refractivity contribution is 5.30. The highest BCUT2D eigenvalue weighted by atomic mass is 16.5. The summed E-state index contributed by atoms with van der Waals surface area (Å²) in [5.41, 5.74) is 1.39.